The first-order chi connectivity index (χ1) is 15.7. The summed E-state index contributed by atoms with van der Waals surface area (Å²) in [6.45, 7) is 1.01. The summed E-state index contributed by atoms with van der Waals surface area (Å²) in [6.07, 6.45) is -2.43. The summed E-state index contributed by atoms with van der Waals surface area (Å²) in [5.41, 5.74) is -3.00. The summed E-state index contributed by atoms with van der Waals surface area (Å²) in [5, 5.41) is 13.5. The Morgan fingerprint density at radius 2 is 1.85 bits per heavy atom. The van der Waals surface area contributed by atoms with Gasteiger partial charge < -0.3 is 20.1 Å². The number of anilines is 1. The van der Waals surface area contributed by atoms with Gasteiger partial charge in [-0.15, -0.1) is 11.3 Å². The number of fused-ring (bicyclic) bond motifs is 1. The average molecular weight is 481 g/mol. The summed E-state index contributed by atoms with van der Waals surface area (Å²) in [4.78, 5) is 26.3. The SMILES string of the molecule is CCOC(=O)[C@](NC(=O)c1ccc(OC)cc1)(Nc1sc2c(c1C#N)CCCC2)C(F)(F)F. The molecule has 2 aromatic rings. The Balaban J connectivity index is 2.07. The average Bonchev–Trinajstić information content (AvgIpc) is 3.14. The Labute approximate surface area is 192 Å². The Morgan fingerprint density at radius 3 is 2.42 bits per heavy atom. The number of rotatable bonds is 7. The molecular formula is C22H22F3N3O4S. The van der Waals surface area contributed by atoms with Crippen LogP contribution in [0.25, 0.3) is 0 Å². The fraction of sp³-hybridized carbons (Fsp3) is 0.409. The van der Waals surface area contributed by atoms with Crippen molar-refractivity contribution in [3.05, 3.63) is 45.8 Å². The number of hydrogen-bond acceptors (Lipinski definition) is 7. The first-order valence-electron chi connectivity index (χ1n) is 10.2. The molecule has 0 radical (unpaired) electrons. The van der Waals surface area contributed by atoms with Crippen molar-refractivity contribution in [3.63, 3.8) is 0 Å². The molecule has 0 spiro atoms. The number of nitriles is 1. The summed E-state index contributed by atoms with van der Waals surface area (Å²) >= 11 is 0.984. The maximum Gasteiger partial charge on any atom is 0.441 e. The molecule has 0 aliphatic heterocycles. The van der Waals surface area contributed by atoms with Gasteiger partial charge in [-0.2, -0.15) is 18.4 Å². The highest BCUT2D eigenvalue weighted by Crippen LogP contribution is 2.41. The van der Waals surface area contributed by atoms with E-state index in [0.717, 1.165) is 29.1 Å². The zero-order chi connectivity index (χ0) is 24.2. The Hall–Kier alpha value is -3.26. The van der Waals surface area contributed by atoms with Crippen LogP contribution in [0, 0.1) is 11.3 Å². The number of nitrogens with zero attached hydrogens (tertiary/aromatic N) is 1. The molecule has 1 aliphatic carbocycles. The number of nitrogens with one attached hydrogen (secondary N) is 2. The molecule has 0 bridgehead atoms. The molecule has 7 nitrogen and oxygen atoms in total. The molecule has 0 saturated heterocycles. The van der Waals surface area contributed by atoms with Crippen molar-refractivity contribution < 1.29 is 32.2 Å². The number of ether oxygens (including phenoxy) is 2. The number of thiophene rings is 1. The number of carbonyl (C=O) groups excluding carboxylic acids is 2. The molecular weight excluding hydrogens is 459 g/mol. The highest BCUT2D eigenvalue weighted by molar-refractivity contribution is 7.16. The highest BCUT2D eigenvalue weighted by atomic mass is 32.1. The number of benzene rings is 1. The van der Waals surface area contributed by atoms with E-state index >= 15 is 0 Å². The molecule has 2 N–H and O–H groups in total. The molecule has 0 unspecified atom stereocenters. The largest absolute Gasteiger partial charge is 0.497 e. The van der Waals surface area contributed by atoms with E-state index in [1.165, 1.54) is 38.3 Å². The predicted molar refractivity (Wildman–Crippen MR) is 115 cm³/mol. The van der Waals surface area contributed by atoms with Crippen LogP contribution in [0.15, 0.2) is 24.3 Å². The monoisotopic (exact) mass is 481 g/mol. The first-order valence-corrected chi connectivity index (χ1v) is 11.0. The van der Waals surface area contributed by atoms with E-state index in [4.69, 9.17) is 9.47 Å². The van der Waals surface area contributed by atoms with Crippen molar-refractivity contribution in [2.24, 2.45) is 0 Å². The number of alkyl halides is 3. The molecule has 1 aromatic carbocycles. The zero-order valence-electron chi connectivity index (χ0n) is 18.0. The lowest BCUT2D eigenvalue weighted by Gasteiger charge is -2.35. The van der Waals surface area contributed by atoms with E-state index in [1.54, 1.807) is 5.32 Å². The molecule has 1 aliphatic rings. The van der Waals surface area contributed by atoms with Crippen molar-refractivity contribution in [2.75, 3.05) is 19.0 Å². The van der Waals surface area contributed by atoms with Gasteiger partial charge in [0.2, 0.25) is 0 Å². The van der Waals surface area contributed by atoms with E-state index in [9.17, 15) is 28.0 Å². The van der Waals surface area contributed by atoms with Gasteiger partial charge in [-0.3, -0.25) is 4.79 Å². The van der Waals surface area contributed by atoms with E-state index < -0.39 is 23.7 Å². The number of esters is 1. The van der Waals surface area contributed by atoms with E-state index in [1.807, 2.05) is 6.07 Å². The predicted octanol–water partition coefficient (Wildman–Crippen LogP) is 4.17. The van der Waals surface area contributed by atoms with Gasteiger partial charge in [-0.1, -0.05) is 0 Å². The van der Waals surface area contributed by atoms with Crippen LogP contribution >= 0.6 is 11.3 Å². The topological polar surface area (TPSA) is 100 Å². The minimum atomic E-state index is -5.29. The van der Waals surface area contributed by atoms with Crippen LogP contribution in [-0.2, 0) is 22.4 Å². The molecule has 0 saturated carbocycles. The van der Waals surface area contributed by atoms with Crippen LogP contribution in [0.4, 0.5) is 18.2 Å². The fourth-order valence-electron chi connectivity index (χ4n) is 3.56. The van der Waals surface area contributed by atoms with Crippen molar-refractivity contribution in [1.82, 2.24) is 5.32 Å². The van der Waals surface area contributed by atoms with Crippen LogP contribution in [0.3, 0.4) is 0 Å². The van der Waals surface area contributed by atoms with Gasteiger partial charge in [-0.25, -0.2) is 4.79 Å². The van der Waals surface area contributed by atoms with Crippen LogP contribution < -0.4 is 15.4 Å². The summed E-state index contributed by atoms with van der Waals surface area (Å²) in [6, 6.07) is 7.30. The second kappa shape index (κ2) is 9.70. The summed E-state index contributed by atoms with van der Waals surface area (Å²) < 4.78 is 53.1. The third-order valence-corrected chi connectivity index (χ3v) is 6.45. The molecule has 176 valence electrons. The smallest absolute Gasteiger partial charge is 0.441 e. The number of hydrogen-bond donors (Lipinski definition) is 2. The van der Waals surface area contributed by atoms with Gasteiger partial charge in [0.1, 0.15) is 16.8 Å². The lowest BCUT2D eigenvalue weighted by Crippen LogP contribution is -2.69. The molecule has 1 atom stereocenters. The first kappa shape index (κ1) is 24.4. The molecule has 0 fully saturated rings. The second-order valence-electron chi connectivity index (χ2n) is 7.30. The fourth-order valence-corrected chi connectivity index (χ4v) is 4.85. The molecule has 33 heavy (non-hydrogen) atoms. The lowest BCUT2D eigenvalue weighted by atomic mass is 9.96. The molecule has 1 heterocycles. The summed E-state index contributed by atoms with van der Waals surface area (Å²) in [7, 11) is 1.40. The van der Waals surface area contributed by atoms with Crippen LogP contribution in [0.5, 0.6) is 5.75 Å². The number of halogens is 3. The number of methoxy groups -OCH3 is 1. The second-order valence-corrected chi connectivity index (χ2v) is 8.41. The Bertz CT molecular complexity index is 1080. The molecule has 3 rings (SSSR count). The van der Waals surface area contributed by atoms with Gasteiger partial charge >= 0.3 is 17.8 Å². The van der Waals surface area contributed by atoms with Gasteiger partial charge in [0, 0.05) is 10.4 Å². The Morgan fingerprint density at radius 1 is 1.18 bits per heavy atom. The maximum absolute atomic E-state index is 14.5. The van der Waals surface area contributed by atoms with Crippen molar-refractivity contribution in [3.8, 4) is 11.8 Å². The van der Waals surface area contributed by atoms with Crippen molar-refractivity contribution in [2.45, 2.75) is 44.4 Å². The van der Waals surface area contributed by atoms with E-state index in [2.05, 4.69) is 5.32 Å². The normalized spacial score (nSPS) is 14.9. The molecule has 1 amide bonds. The zero-order valence-corrected chi connectivity index (χ0v) is 18.8. The van der Waals surface area contributed by atoms with E-state index in [-0.39, 0.29) is 22.7 Å². The summed E-state index contributed by atoms with van der Waals surface area (Å²) in [5.74, 6) is -2.48. The van der Waals surface area contributed by atoms with Gasteiger partial charge in [0.25, 0.3) is 5.91 Å². The number of amides is 1. The maximum atomic E-state index is 14.5. The van der Waals surface area contributed by atoms with Gasteiger partial charge in [0.05, 0.1) is 19.3 Å². The number of carbonyl (C=O) groups is 2. The standard InChI is InChI=1S/C22H22F3N3O4S/c1-3-32-20(30)21(22(23,24)25,27-18(29)13-8-10-14(31-2)11-9-13)28-19-16(12-26)15-6-4-5-7-17(15)33-19/h8-11,28H,3-7H2,1-2H3,(H,27,29)/t21-/m0/s1. The minimum absolute atomic E-state index is 0.0475. The third-order valence-electron chi connectivity index (χ3n) is 5.24. The molecule has 11 heteroatoms. The van der Waals surface area contributed by atoms with Crippen LogP contribution in [-0.4, -0.2) is 37.4 Å². The highest BCUT2D eigenvalue weighted by Gasteiger charge is 2.64. The minimum Gasteiger partial charge on any atom is -0.497 e. The Kier molecular flexibility index (Phi) is 7.17. The third kappa shape index (κ3) is 4.75. The van der Waals surface area contributed by atoms with Crippen LogP contribution in [0.2, 0.25) is 0 Å². The van der Waals surface area contributed by atoms with Gasteiger partial charge in [-0.05, 0) is 62.4 Å². The number of aryl methyl sites for hydroxylation is 1. The van der Waals surface area contributed by atoms with E-state index in [0.29, 0.717) is 24.2 Å². The van der Waals surface area contributed by atoms with Crippen molar-refractivity contribution >= 4 is 28.2 Å². The van der Waals surface area contributed by atoms with Crippen molar-refractivity contribution in [1.29, 1.82) is 5.26 Å². The quantitative estimate of drug-likeness (QED) is 0.455. The van der Waals surface area contributed by atoms with Crippen LogP contribution in [0.1, 0.15) is 46.1 Å². The van der Waals surface area contributed by atoms with Gasteiger partial charge in [0.15, 0.2) is 0 Å². The molecule has 1 aromatic heterocycles. The lowest BCUT2D eigenvalue weighted by molar-refractivity contribution is -0.204.